The van der Waals surface area contributed by atoms with E-state index in [2.05, 4.69) is 5.32 Å². The molecule has 1 aromatic rings. The van der Waals surface area contributed by atoms with Crippen molar-refractivity contribution in [3.8, 4) is 5.75 Å². The van der Waals surface area contributed by atoms with Crippen LogP contribution in [0.15, 0.2) is 42.5 Å². The Hall–Kier alpha value is -2.07. The van der Waals surface area contributed by atoms with Gasteiger partial charge in [-0.1, -0.05) is 24.3 Å². The standard InChI is InChI=1S/C17H21NO3/c1-12(14-4-3-5-16(10-14)21-2)8-17(20)18-15-7-6-13(9-15)11-19/h3-8,10,13,15,19H,9,11H2,1-2H3,(H,18,20)/b12-8+/t13-,15+/m0/s1. The van der Waals surface area contributed by atoms with E-state index in [0.717, 1.165) is 23.3 Å². The molecule has 1 amide bonds. The highest BCUT2D eigenvalue weighted by atomic mass is 16.5. The number of aliphatic hydroxyl groups excluding tert-OH is 1. The summed E-state index contributed by atoms with van der Waals surface area (Å²) in [5.41, 5.74) is 1.84. The number of carbonyl (C=O) groups is 1. The summed E-state index contributed by atoms with van der Waals surface area (Å²) in [5, 5.41) is 12.0. The Balaban J connectivity index is 1.98. The zero-order chi connectivity index (χ0) is 15.2. The minimum absolute atomic E-state index is 0.00371. The van der Waals surface area contributed by atoms with Crippen molar-refractivity contribution in [3.05, 3.63) is 48.1 Å². The number of aliphatic hydroxyl groups is 1. The Labute approximate surface area is 125 Å². The number of rotatable bonds is 5. The van der Waals surface area contributed by atoms with Gasteiger partial charge >= 0.3 is 0 Å². The predicted octanol–water partition coefficient (Wildman–Crippen LogP) is 2.15. The molecule has 0 radical (unpaired) electrons. The quantitative estimate of drug-likeness (QED) is 0.644. The van der Waals surface area contributed by atoms with Gasteiger partial charge in [0.2, 0.25) is 5.91 Å². The lowest BCUT2D eigenvalue weighted by Crippen LogP contribution is -2.31. The Morgan fingerprint density at radius 1 is 1.48 bits per heavy atom. The van der Waals surface area contributed by atoms with Crippen LogP contribution in [0.5, 0.6) is 5.75 Å². The molecule has 0 spiro atoms. The monoisotopic (exact) mass is 287 g/mol. The Morgan fingerprint density at radius 3 is 2.95 bits per heavy atom. The van der Waals surface area contributed by atoms with Gasteiger partial charge in [0.05, 0.1) is 7.11 Å². The van der Waals surface area contributed by atoms with E-state index in [1.807, 2.05) is 43.3 Å². The van der Waals surface area contributed by atoms with Crippen LogP contribution in [0.3, 0.4) is 0 Å². The summed E-state index contributed by atoms with van der Waals surface area (Å²) >= 11 is 0. The Bertz CT molecular complexity index is 563. The number of hydrogen-bond donors (Lipinski definition) is 2. The fourth-order valence-electron chi connectivity index (χ4n) is 2.39. The molecule has 21 heavy (non-hydrogen) atoms. The molecular weight excluding hydrogens is 266 g/mol. The number of carbonyl (C=O) groups excluding carboxylic acids is 1. The van der Waals surface area contributed by atoms with Crippen LogP contribution in [0.4, 0.5) is 0 Å². The minimum Gasteiger partial charge on any atom is -0.497 e. The molecular formula is C17H21NO3. The summed E-state index contributed by atoms with van der Waals surface area (Å²) in [6.07, 6.45) is 6.24. The number of ether oxygens (including phenoxy) is 1. The van der Waals surface area contributed by atoms with Gasteiger partial charge in [0.1, 0.15) is 5.75 Å². The number of nitrogens with one attached hydrogen (secondary N) is 1. The first kappa shape index (κ1) is 15.3. The summed E-state index contributed by atoms with van der Waals surface area (Å²) in [4.78, 5) is 12.0. The summed E-state index contributed by atoms with van der Waals surface area (Å²) < 4.78 is 5.18. The average Bonchev–Trinajstić information content (AvgIpc) is 2.94. The van der Waals surface area contributed by atoms with E-state index in [1.54, 1.807) is 13.2 Å². The maximum absolute atomic E-state index is 12.0. The fraction of sp³-hybridized carbons (Fsp3) is 0.353. The normalized spacial score (nSPS) is 21.4. The van der Waals surface area contributed by atoms with E-state index >= 15 is 0 Å². The molecule has 0 saturated carbocycles. The van der Waals surface area contributed by atoms with Gasteiger partial charge in [0.15, 0.2) is 0 Å². The molecule has 2 rings (SSSR count). The van der Waals surface area contributed by atoms with Crippen LogP contribution in [0, 0.1) is 5.92 Å². The van der Waals surface area contributed by atoms with Crippen molar-refractivity contribution in [3.63, 3.8) is 0 Å². The van der Waals surface area contributed by atoms with Gasteiger partial charge in [-0.2, -0.15) is 0 Å². The third-order valence-corrected chi connectivity index (χ3v) is 3.61. The molecule has 4 heteroatoms. The van der Waals surface area contributed by atoms with Crippen LogP contribution >= 0.6 is 0 Å². The number of methoxy groups -OCH3 is 1. The zero-order valence-electron chi connectivity index (χ0n) is 12.4. The topological polar surface area (TPSA) is 58.6 Å². The molecule has 0 saturated heterocycles. The Morgan fingerprint density at radius 2 is 2.29 bits per heavy atom. The number of benzene rings is 1. The smallest absolute Gasteiger partial charge is 0.244 e. The van der Waals surface area contributed by atoms with Crippen LogP contribution in [-0.4, -0.2) is 30.8 Å². The van der Waals surface area contributed by atoms with Crippen molar-refractivity contribution in [2.75, 3.05) is 13.7 Å². The molecule has 4 nitrogen and oxygen atoms in total. The van der Waals surface area contributed by atoms with Crippen LogP contribution < -0.4 is 10.1 Å². The number of amides is 1. The molecule has 1 aromatic carbocycles. The highest BCUT2D eigenvalue weighted by molar-refractivity contribution is 5.95. The lowest BCUT2D eigenvalue weighted by atomic mass is 10.1. The molecule has 0 fully saturated rings. The molecule has 0 aromatic heterocycles. The maximum atomic E-state index is 12.0. The van der Waals surface area contributed by atoms with Gasteiger partial charge in [-0.05, 0) is 36.6 Å². The van der Waals surface area contributed by atoms with E-state index in [9.17, 15) is 4.79 Å². The lowest BCUT2D eigenvalue weighted by molar-refractivity contribution is -0.116. The van der Waals surface area contributed by atoms with Crippen molar-refractivity contribution >= 4 is 11.5 Å². The van der Waals surface area contributed by atoms with Gasteiger partial charge < -0.3 is 15.2 Å². The van der Waals surface area contributed by atoms with Crippen LogP contribution in [0.1, 0.15) is 18.9 Å². The molecule has 0 unspecified atom stereocenters. The fourth-order valence-corrected chi connectivity index (χ4v) is 2.39. The van der Waals surface area contributed by atoms with Gasteiger partial charge in [0.25, 0.3) is 0 Å². The molecule has 1 aliphatic rings. The van der Waals surface area contributed by atoms with E-state index in [1.165, 1.54) is 0 Å². The van der Waals surface area contributed by atoms with Crippen LogP contribution in [0.25, 0.3) is 5.57 Å². The van der Waals surface area contributed by atoms with Crippen LogP contribution in [0.2, 0.25) is 0 Å². The second kappa shape index (κ2) is 7.09. The van der Waals surface area contributed by atoms with E-state index < -0.39 is 0 Å². The zero-order valence-corrected chi connectivity index (χ0v) is 12.4. The highest BCUT2D eigenvalue weighted by Crippen LogP contribution is 2.20. The molecule has 0 heterocycles. The maximum Gasteiger partial charge on any atom is 0.244 e. The van der Waals surface area contributed by atoms with Gasteiger partial charge in [-0.25, -0.2) is 0 Å². The van der Waals surface area contributed by atoms with Gasteiger partial charge in [0, 0.05) is 24.6 Å². The van der Waals surface area contributed by atoms with E-state index in [-0.39, 0.29) is 24.5 Å². The first-order valence-corrected chi connectivity index (χ1v) is 7.04. The van der Waals surface area contributed by atoms with Crippen LogP contribution in [-0.2, 0) is 4.79 Å². The summed E-state index contributed by atoms with van der Waals surface area (Å²) in [5.74, 6) is 0.799. The molecule has 1 aliphatic carbocycles. The summed E-state index contributed by atoms with van der Waals surface area (Å²) in [7, 11) is 1.62. The SMILES string of the molecule is COc1cccc(/C(C)=C/C(=O)N[C@@H]2C=C[C@H](CO)C2)c1. The molecule has 0 aliphatic heterocycles. The molecule has 0 bridgehead atoms. The molecule has 2 N–H and O–H groups in total. The largest absolute Gasteiger partial charge is 0.497 e. The van der Waals surface area contributed by atoms with Crippen molar-refractivity contribution in [1.82, 2.24) is 5.32 Å². The number of allylic oxidation sites excluding steroid dienone is 1. The third kappa shape index (κ3) is 4.20. The Kier molecular flexibility index (Phi) is 5.17. The van der Waals surface area contributed by atoms with Crippen molar-refractivity contribution in [2.45, 2.75) is 19.4 Å². The predicted molar refractivity (Wildman–Crippen MR) is 82.9 cm³/mol. The van der Waals surface area contributed by atoms with Gasteiger partial charge in [-0.3, -0.25) is 4.79 Å². The van der Waals surface area contributed by atoms with Crippen molar-refractivity contribution in [1.29, 1.82) is 0 Å². The summed E-state index contributed by atoms with van der Waals surface area (Å²) in [6.45, 7) is 2.02. The lowest BCUT2D eigenvalue weighted by Gasteiger charge is -2.11. The van der Waals surface area contributed by atoms with E-state index in [0.29, 0.717) is 0 Å². The number of hydrogen-bond acceptors (Lipinski definition) is 3. The van der Waals surface area contributed by atoms with Gasteiger partial charge in [-0.15, -0.1) is 0 Å². The summed E-state index contributed by atoms with van der Waals surface area (Å²) in [6, 6.07) is 7.61. The second-order valence-corrected chi connectivity index (χ2v) is 5.24. The first-order chi connectivity index (χ1) is 10.1. The van der Waals surface area contributed by atoms with Crippen molar-refractivity contribution < 1.29 is 14.6 Å². The minimum atomic E-state index is -0.122. The average molecular weight is 287 g/mol. The third-order valence-electron chi connectivity index (χ3n) is 3.61. The van der Waals surface area contributed by atoms with Crippen molar-refractivity contribution in [2.24, 2.45) is 5.92 Å². The second-order valence-electron chi connectivity index (χ2n) is 5.24. The molecule has 2 atom stereocenters. The highest BCUT2D eigenvalue weighted by Gasteiger charge is 2.18. The van der Waals surface area contributed by atoms with E-state index in [4.69, 9.17) is 9.84 Å². The molecule has 112 valence electrons. The first-order valence-electron chi connectivity index (χ1n) is 7.04.